The lowest BCUT2D eigenvalue weighted by molar-refractivity contribution is -0.0786. The van der Waals surface area contributed by atoms with Crippen LogP contribution in [0.25, 0.3) is 0 Å². The van der Waals surface area contributed by atoms with Gasteiger partial charge in [-0.2, -0.15) is 0 Å². The second-order valence-electron chi connectivity index (χ2n) is 8.26. The third-order valence-corrected chi connectivity index (χ3v) is 5.86. The van der Waals surface area contributed by atoms with E-state index in [4.69, 9.17) is 4.74 Å². The quantitative estimate of drug-likeness (QED) is 0.773. The van der Waals surface area contributed by atoms with E-state index in [2.05, 4.69) is 30.7 Å². The molecule has 0 bridgehead atoms. The molecule has 1 unspecified atom stereocenters. The fourth-order valence-electron chi connectivity index (χ4n) is 4.66. The van der Waals surface area contributed by atoms with Crippen LogP contribution in [0.1, 0.15) is 46.0 Å². The molecule has 1 atom stereocenters. The van der Waals surface area contributed by atoms with E-state index in [-0.39, 0.29) is 5.60 Å². The SMILES string of the molecule is CN1CCC2(CCN(CC3CCOC(C)(C)C3)CC2)C1. The minimum absolute atomic E-state index is 0.105. The van der Waals surface area contributed by atoms with Crippen LogP contribution in [0.2, 0.25) is 0 Å². The second-order valence-corrected chi connectivity index (χ2v) is 8.26. The summed E-state index contributed by atoms with van der Waals surface area (Å²) in [4.78, 5) is 5.26. The van der Waals surface area contributed by atoms with Crippen LogP contribution in [-0.4, -0.2) is 61.8 Å². The van der Waals surface area contributed by atoms with Crippen LogP contribution in [0, 0.1) is 11.3 Å². The maximum atomic E-state index is 5.85. The van der Waals surface area contributed by atoms with Crippen molar-refractivity contribution in [1.29, 1.82) is 0 Å². The summed E-state index contributed by atoms with van der Waals surface area (Å²) < 4.78 is 5.85. The number of ether oxygens (including phenoxy) is 1. The standard InChI is InChI=1S/C17H32N2O/c1-16(2)12-15(4-11-20-16)13-19-9-6-17(7-10-19)5-8-18(3)14-17/h15H,4-14H2,1-3H3. The van der Waals surface area contributed by atoms with Gasteiger partial charge in [0.15, 0.2) is 0 Å². The van der Waals surface area contributed by atoms with E-state index in [0.717, 1.165) is 12.5 Å². The highest BCUT2D eigenvalue weighted by molar-refractivity contribution is 4.93. The van der Waals surface area contributed by atoms with Crippen LogP contribution < -0.4 is 0 Å². The van der Waals surface area contributed by atoms with Crippen molar-refractivity contribution in [3.05, 3.63) is 0 Å². The highest BCUT2D eigenvalue weighted by atomic mass is 16.5. The molecule has 0 amide bonds. The topological polar surface area (TPSA) is 15.7 Å². The molecule has 3 saturated heterocycles. The molecule has 1 spiro atoms. The van der Waals surface area contributed by atoms with E-state index in [1.165, 1.54) is 64.8 Å². The van der Waals surface area contributed by atoms with E-state index < -0.39 is 0 Å². The Kier molecular flexibility index (Phi) is 4.13. The summed E-state index contributed by atoms with van der Waals surface area (Å²) >= 11 is 0. The maximum Gasteiger partial charge on any atom is 0.0629 e. The fraction of sp³-hybridized carbons (Fsp3) is 1.00. The first-order valence-corrected chi connectivity index (χ1v) is 8.51. The Balaban J connectivity index is 1.47. The Morgan fingerprint density at radius 3 is 2.40 bits per heavy atom. The van der Waals surface area contributed by atoms with Crippen LogP contribution in [0.3, 0.4) is 0 Å². The fourth-order valence-corrected chi connectivity index (χ4v) is 4.66. The van der Waals surface area contributed by atoms with Crippen molar-refractivity contribution in [2.45, 2.75) is 51.6 Å². The van der Waals surface area contributed by atoms with Gasteiger partial charge in [0.25, 0.3) is 0 Å². The van der Waals surface area contributed by atoms with Crippen molar-refractivity contribution in [2.75, 3.05) is 46.4 Å². The van der Waals surface area contributed by atoms with Gasteiger partial charge in [-0.25, -0.2) is 0 Å². The monoisotopic (exact) mass is 280 g/mol. The first kappa shape index (κ1) is 14.8. The number of hydrogen-bond donors (Lipinski definition) is 0. The summed E-state index contributed by atoms with van der Waals surface area (Å²) in [6.45, 7) is 12.1. The summed E-state index contributed by atoms with van der Waals surface area (Å²) in [5, 5.41) is 0. The summed E-state index contributed by atoms with van der Waals surface area (Å²) in [5.74, 6) is 0.846. The van der Waals surface area contributed by atoms with Gasteiger partial charge in [0.1, 0.15) is 0 Å². The lowest BCUT2D eigenvalue weighted by Gasteiger charge is -2.42. The zero-order valence-electron chi connectivity index (χ0n) is 13.7. The first-order valence-electron chi connectivity index (χ1n) is 8.51. The zero-order valence-corrected chi connectivity index (χ0v) is 13.7. The predicted molar refractivity (Wildman–Crippen MR) is 83.0 cm³/mol. The van der Waals surface area contributed by atoms with E-state index in [1.54, 1.807) is 0 Å². The molecule has 0 saturated carbocycles. The van der Waals surface area contributed by atoms with Gasteiger partial charge in [0.05, 0.1) is 5.60 Å². The largest absolute Gasteiger partial charge is 0.376 e. The third kappa shape index (κ3) is 3.37. The lowest BCUT2D eigenvalue weighted by atomic mass is 9.77. The molecule has 0 radical (unpaired) electrons. The van der Waals surface area contributed by atoms with E-state index in [9.17, 15) is 0 Å². The van der Waals surface area contributed by atoms with Gasteiger partial charge in [-0.1, -0.05) is 0 Å². The van der Waals surface area contributed by atoms with Gasteiger partial charge in [-0.05, 0) is 84.0 Å². The molecule has 3 heteroatoms. The van der Waals surface area contributed by atoms with Crippen LogP contribution in [-0.2, 0) is 4.74 Å². The van der Waals surface area contributed by atoms with Crippen molar-refractivity contribution < 1.29 is 4.74 Å². The van der Waals surface area contributed by atoms with E-state index >= 15 is 0 Å². The Hall–Kier alpha value is -0.120. The normalized spacial score (nSPS) is 34.6. The van der Waals surface area contributed by atoms with E-state index in [0.29, 0.717) is 5.41 Å². The number of piperidine rings is 1. The Morgan fingerprint density at radius 1 is 1.10 bits per heavy atom. The minimum Gasteiger partial charge on any atom is -0.376 e. The number of nitrogens with zero attached hydrogens (tertiary/aromatic N) is 2. The molecule has 3 fully saturated rings. The van der Waals surface area contributed by atoms with Crippen LogP contribution in [0.5, 0.6) is 0 Å². The van der Waals surface area contributed by atoms with Crippen molar-refractivity contribution in [3.63, 3.8) is 0 Å². The van der Waals surface area contributed by atoms with Crippen molar-refractivity contribution in [1.82, 2.24) is 9.80 Å². The van der Waals surface area contributed by atoms with Crippen LogP contribution in [0.15, 0.2) is 0 Å². The predicted octanol–water partition coefficient (Wildman–Crippen LogP) is 2.61. The molecule has 116 valence electrons. The average Bonchev–Trinajstić information content (AvgIpc) is 2.73. The summed E-state index contributed by atoms with van der Waals surface area (Å²) in [6, 6.07) is 0. The van der Waals surface area contributed by atoms with Gasteiger partial charge in [0.2, 0.25) is 0 Å². The highest BCUT2D eigenvalue weighted by Crippen LogP contribution is 2.40. The number of likely N-dealkylation sites (tertiary alicyclic amines) is 2. The second kappa shape index (κ2) is 5.58. The van der Waals surface area contributed by atoms with Gasteiger partial charge in [0, 0.05) is 19.7 Å². The van der Waals surface area contributed by atoms with Crippen molar-refractivity contribution in [2.24, 2.45) is 11.3 Å². The molecule has 3 aliphatic rings. The maximum absolute atomic E-state index is 5.85. The average molecular weight is 280 g/mol. The molecule has 0 aromatic heterocycles. The van der Waals surface area contributed by atoms with Crippen molar-refractivity contribution in [3.8, 4) is 0 Å². The number of hydrogen-bond acceptors (Lipinski definition) is 3. The Labute approximate surface area is 124 Å². The van der Waals surface area contributed by atoms with Crippen LogP contribution >= 0.6 is 0 Å². The van der Waals surface area contributed by atoms with Gasteiger partial charge < -0.3 is 14.5 Å². The Bertz CT molecular complexity index is 334. The minimum atomic E-state index is 0.105. The molecular formula is C17H32N2O. The van der Waals surface area contributed by atoms with Crippen molar-refractivity contribution >= 4 is 0 Å². The summed E-state index contributed by atoms with van der Waals surface area (Å²) in [7, 11) is 2.28. The van der Waals surface area contributed by atoms with Gasteiger partial charge in [-0.15, -0.1) is 0 Å². The van der Waals surface area contributed by atoms with Gasteiger partial charge >= 0.3 is 0 Å². The zero-order chi connectivity index (χ0) is 14.2. The molecule has 3 rings (SSSR count). The lowest BCUT2D eigenvalue weighted by Crippen LogP contribution is -2.45. The molecule has 0 aromatic rings. The summed E-state index contributed by atoms with van der Waals surface area (Å²) in [6.07, 6.45) is 6.76. The highest BCUT2D eigenvalue weighted by Gasteiger charge is 2.40. The molecule has 3 nitrogen and oxygen atoms in total. The number of rotatable bonds is 2. The molecule has 0 aromatic carbocycles. The Morgan fingerprint density at radius 2 is 1.80 bits per heavy atom. The molecular weight excluding hydrogens is 248 g/mol. The first-order chi connectivity index (χ1) is 9.46. The molecule has 20 heavy (non-hydrogen) atoms. The molecule has 0 N–H and O–H groups in total. The van der Waals surface area contributed by atoms with Gasteiger partial charge in [-0.3, -0.25) is 0 Å². The summed E-state index contributed by atoms with van der Waals surface area (Å²) in [5.41, 5.74) is 0.772. The smallest absolute Gasteiger partial charge is 0.0629 e. The van der Waals surface area contributed by atoms with E-state index in [1.807, 2.05) is 0 Å². The molecule has 3 aliphatic heterocycles. The molecule has 0 aliphatic carbocycles. The van der Waals surface area contributed by atoms with Crippen LogP contribution in [0.4, 0.5) is 0 Å². The molecule has 3 heterocycles. The third-order valence-electron chi connectivity index (χ3n) is 5.86.